The van der Waals surface area contributed by atoms with Gasteiger partial charge in [-0.2, -0.15) is 0 Å². The molecular weight excluding hydrogens is 306 g/mol. The van der Waals surface area contributed by atoms with Gasteiger partial charge >= 0.3 is 12.1 Å². The maximum Gasteiger partial charge on any atom is 0.410 e. The third-order valence-corrected chi connectivity index (χ3v) is 4.36. The Hall–Kier alpha value is -2.04. The van der Waals surface area contributed by atoms with Crippen molar-refractivity contribution < 1.29 is 19.1 Å². The first kappa shape index (κ1) is 18.3. The SMILES string of the molecule is COC(=O)c1ccccc1CC1C(C)CCN1C(=O)OC(C)(C)C. The van der Waals surface area contributed by atoms with Crippen molar-refractivity contribution in [1.82, 2.24) is 4.90 Å². The molecule has 0 saturated carbocycles. The van der Waals surface area contributed by atoms with Crippen LogP contribution in [0.2, 0.25) is 0 Å². The van der Waals surface area contributed by atoms with Crippen molar-refractivity contribution in [2.75, 3.05) is 13.7 Å². The predicted octanol–water partition coefficient (Wildman–Crippen LogP) is 3.66. The van der Waals surface area contributed by atoms with Crippen molar-refractivity contribution in [2.24, 2.45) is 5.92 Å². The normalized spacial score (nSPS) is 20.8. The molecule has 132 valence electrons. The van der Waals surface area contributed by atoms with Crippen LogP contribution >= 0.6 is 0 Å². The summed E-state index contributed by atoms with van der Waals surface area (Å²) in [6.45, 7) is 8.42. The quantitative estimate of drug-likeness (QED) is 0.792. The van der Waals surface area contributed by atoms with Crippen LogP contribution in [0.1, 0.15) is 50.0 Å². The standard InChI is InChI=1S/C19H27NO4/c1-13-10-11-20(18(22)24-19(2,3)4)16(13)12-14-8-6-7-9-15(14)17(21)23-5/h6-9,13,16H,10-12H2,1-5H3. The lowest BCUT2D eigenvalue weighted by Gasteiger charge is -2.30. The molecule has 1 amide bonds. The number of hydrogen-bond acceptors (Lipinski definition) is 4. The lowest BCUT2D eigenvalue weighted by Crippen LogP contribution is -2.42. The number of likely N-dealkylation sites (tertiary alicyclic amines) is 1. The van der Waals surface area contributed by atoms with E-state index in [1.807, 2.05) is 39.0 Å². The summed E-state index contributed by atoms with van der Waals surface area (Å²) in [6, 6.07) is 7.42. The molecule has 1 aromatic rings. The van der Waals surface area contributed by atoms with Gasteiger partial charge in [-0.05, 0) is 51.2 Å². The van der Waals surface area contributed by atoms with Crippen molar-refractivity contribution in [3.63, 3.8) is 0 Å². The molecule has 1 fully saturated rings. The zero-order valence-corrected chi connectivity index (χ0v) is 15.2. The van der Waals surface area contributed by atoms with Gasteiger partial charge in [-0.1, -0.05) is 25.1 Å². The summed E-state index contributed by atoms with van der Waals surface area (Å²) in [6.07, 6.45) is 1.27. The Bertz CT molecular complexity index is 606. The largest absolute Gasteiger partial charge is 0.465 e. The van der Waals surface area contributed by atoms with Crippen LogP contribution in [0.4, 0.5) is 4.79 Å². The molecule has 0 radical (unpaired) electrons. The number of benzene rings is 1. The van der Waals surface area contributed by atoms with Crippen LogP contribution in [0.15, 0.2) is 24.3 Å². The number of carbonyl (C=O) groups excluding carboxylic acids is 2. The topological polar surface area (TPSA) is 55.8 Å². The summed E-state index contributed by atoms with van der Waals surface area (Å²) < 4.78 is 10.4. The van der Waals surface area contributed by atoms with E-state index in [0.717, 1.165) is 12.0 Å². The molecule has 0 N–H and O–H groups in total. The van der Waals surface area contributed by atoms with Crippen LogP contribution in [0.25, 0.3) is 0 Å². The summed E-state index contributed by atoms with van der Waals surface area (Å²) in [7, 11) is 1.38. The molecule has 2 unspecified atom stereocenters. The molecule has 5 heteroatoms. The highest BCUT2D eigenvalue weighted by atomic mass is 16.6. The fourth-order valence-electron chi connectivity index (χ4n) is 3.10. The summed E-state index contributed by atoms with van der Waals surface area (Å²) in [5.74, 6) is 0.00305. The highest BCUT2D eigenvalue weighted by Crippen LogP contribution is 2.29. The van der Waals surface area contributed by atoms with Gasteiger partial charge in [0.05, 0.1) is 12.7 Å². The minimum absolute atomic E-state index is 0.0191. The van der Waals surface area contributed by atoms with Crippen LogP contribution in [0.5, 0.6) is 0 Å². The molecule has 0 aromatic heterocycles. The number of rotatable bonds is 3. The van der Waals surface area contributed by atoms with Crippen molar-refractivity contribution in [2.45, 2.75) is 52.2 Å². The summed E-state index contributed by atoms with van der Waals surface area (Å²) in [5.41, 5.74) is 0.942. The molecule has 1 aliphatic heterocycles. The third kappa shape index (κ3) is 4.28. The average Bonchev–Trinajstić information content (AvgIpc) is 2.86. The van der Waals surface area contributed by atoms with E-state index in [1.165, 1.54) is 7.11 Å². The smallest absolute Gasteiger partial charge is 0.410 e. The maximum atomic E-state index is 12.5. The van der Waals surface area contributed by atoms with Crippen molar-refractivity contribution in [3.05, 3.63) is 35.4 Å². The second kappa shape index (κ2) is 7.24. The molecule has 0 spiro atoms. The Balaban J connectivity index is 2.21. The molecule has 1 aromatic carbocycles. The van der Waals surface area contributed by atoms with E-state index in [-0.39, 0.29) is 18.1 Å². The number of esters is 1. The Kier molecular flexibility index (Phi) is 5.52. The van der Waals surface area contributed by atoms with Gasteiger partial charge in [0.15, 0.2) is 0 Å². The summed E-state index contributed by atoms with van der Waals surface area (Å²) >= 11 is 0. The first-order chi connectivity index (χ1) is 11.2. The van der Waals surface area contributed by atoms with Crippen LogP contribution in [-0.2, 0) is 15.9 Å². The van der Waals surface area contributed by atoms with Crippen LogP contribution < -0.4 is 0 Å². The molecular formula is C19H27NO4. The minimum atomic E-state index is -0.516. The molecule has 24 heavy (non-hydrogen) atoms. The first-order valence-electron chi connectivity index (χ1n) is 8.38. The maximum absolute atomic E-state index is 12.5. The fraction of sp³-hybridized carbons (Fsp3) is 0.579. The van der Waals surface area contributed by atoms with E-state index < -0.39 is 5.60 Å². The zero-order chi connectivity index (χ0) is 17.9. The summed E-state index contributed by atoms with van der Waals surface area (Å²) in [5, 5.41) is 0. The van der Waals surface area contributed by atoms with Crippen molar-refractivity contribution >= 4 is 12.1 Å². The number of ether oxygens (including phenoxy) is 2. The van der Waals surface area contributed by atoms with Gasteiger partial charge < -0.3 is 14.4 Å². The van der Waals surface area contributed by atoms with Crippen LogP contribution in [-0.4, -0.2) is 42.3 Å². The lowest BCUT2D eigenvalue weighted by atomic mass is 9.93. The molecule has 0 bridgehead atoms. The van der Waals surface area contributed by atoms with Gasteiger partial charge in [0.2, 0.25) is 0 Å². The van der Waals surface area contributed by atoms with Gasteiger partial charge in [0, 0.05) is 12.6 Å². The van der Waals surface area contributed by atoms with E-state index in [4.69, 9.17) is 9.47 Å². The zero-order valence-electron chi connectivity index (χ0n) is 15.2. The summed E-state index contributed by atoms with van der Waals surface area (Å²) in [4.78, 5) is 26.3. The third-order valence-electron chi connectivity index (χ3n) is 4.36. The van der Waals surface area contributed by atoms with E-state index in [1.54, 1.807) is 11.0 Å². The minimum Gasteiger partial charge on any atom is -0.465 e. The highest BCUT2D eigenvalue weighted by Gasteiger charge is 2.37. The monoisotopic (exact) mass is 333 g/mol. The van der Waals surface area contributed by atoms with Gasteiger partial charge in [0.25, 0.3) is 0 Å². The number of amides is 1. The van der Waals surface area contributed by atoms with Crippen molar-refractivity contribution in [3.8, 4) is 0 Å². The molecule has 2 rings (SSSR count). The number of nitrogens with zero attached hydrogens (tertiary/aromatic N) is 1. The van der Waals surface area contributed by atoms with Gasteiger partial charge in [-0.3, -0.25) is 0 Å². The van der Waals surface area contributed by atoms with E-state index in [2.05, 4.69) is 6.92 Å². The van der Waals surface area contributed by atoms with E-state index >= 15 is 0 Å². The average molecular weight is 333 g/mol. The Morgan fingerprint density at radius 3 is 2.54 bits per heavy atom. The second-order valence-electron chi connectivity index (χ2n) is 7.36. The number of methoxy groups -OCH3 is 1. The molecule has 1 heterocycles. The van der Waals surface area contributed by atoms with E-state index in [0.29, 0.717) is 24.4 Å². The molecule has 1 saturated heterocycles. The van der Waals surface area contributed by atoms with Crippen molar-refractivity contribution in [1.29, 1.82) is 0 Å². The number of carbonyl (C=O) groups is 2. The Labute approximate surface area is 143 Å². The number of hydrogen-bond donors (Lipinski definition) is 0. The van der Waals surface area contributed by atoms with Crippen LogP contribution in [0, 0.1) is 5.92 Å². The Morgan fingerprint density at radius 1 is 1.25 bits per heavy atom. The molecule has 2 atom stereocenters. The Morgan fingerprint density at radius 2 is 1.92 bits per heavy atom. The fourth-order valence-corrected chi connectivity index (χ4v) is 3.10. The van der Waals surface area contributed by atoms with Crippen LogP contribution in [0.3, 0.4) is 0 Å². The highest BCUT2D eigenvalue weighted by molar-refractivity contribution is 5.91. The van der Waals surface area contributed by atoms with Gasteiger partial charge in [0.1, 0.15) is 5.60 Å². The van der Waals surface area contributed by atoms with E-state index in [9.17, 15) is 9.59 Å². The molecule has 1 aliphatic rings. The molecule has 5 nitrogen and oxygen atoms in total. The van der Waals surface area contributed by atoms with Gasteiger partial charge in [-0.15, -0.1) is 0 Å². The van der Waals surface area contributed by atoms with Gasteiger partial charge in [-0.25, -0.2) is 9.59 Å². The second-order valence-corrected chi connectivity index (χ2v) is 7.36. The first-order valence-corrected chi connectivity index (χ1v) is 8.38. The lowest BCUT2D eigenvalue weighted by molar-refractivity contribution is 0.0211. The predicted molar refractivity (Wildman–Crippen MR) is 92.0 cm³/mol. The molecule has 0 aliphatic carbocycles.